The maximum atomic E-state index is 4.98. The van der Waals surface area contributed by atoms with Crippen LogP contribution in [0.25, 0.3) is 5.69 Å². The summed E-state index contributed by atoms with van der Waals surface area (Å²) in [4.78, 5) is 13.8. The lowest BCUT2D eigenvalue weighted by atomic mass is 10.2. The predicted molar refractivity (Wildman–Crippen MR) is 60.0 cm³/mol. The van der Waals surface area contributed by atoms with E-state index in [9.17, 15) is 0 Å². The minimum absolute atomic E-state index is 0.470. The van der Waals surface area contributed by atoms with Gasteiger partial charge in [0.1, 0.15) is 6.61 Å². The highest BCUT2D eigenvalue weighted by atomic mass is 17.2. The lowest BCUT2D eigenvalue weighted by molar-refractivity contribution is -0.300. The molecule has 0 aliphatic carbocycles. The van der Waals surface area contributed by atoms with Gasteiger partial charge in [-0.05, 0) is 24.6 Å². The van der Waals surface area contributed by atoms with E-state index in [4.69, 9.17) is 9.78 Å². The first kappa shape index (κ1) is 10.9. The smallest absolute Gasteiger partial charge is 0.107 e. The quantitative estimate of drug-likeness (QED) is 0.439. The number of rotatable bonds is 5. The molecule has 4 nitrogen and oxygen atoms in total. The van der Waals surface area contributed by atoms with Gasteiger partial charge in [-0.25, -0.2) is 14.8 Å². The molecule has 2 aromatic rings. The molecule has 2 rings (SSSR count). The van der Waals surface area contributed by atoms with Crippen LogP contribution >= 0.6 is 0 Å². The Kier molecular flexibility index (Phi) is 3.69. The highest BCUT2D eigenvalue weighted by molar-refractivity contribution is 5.34. The molecule has 0 aliphatic rings. The highest BCUT2D eigenvalue weighted by Gasteiger charge is 1.97. The molecule has 0 N–H and O–H groups in total. The summed E-state index contributed by atoms with van der Waals surface area (Å²) in [5.41, 5.74) is 2.16. The summed E-state index contributed by atoms with van der Waals surface area (Å²) in [5, 5.41) is 0. The summed E-state index contributed by atoms with van der Waals surface area (Å²) in [5.74, 6) is 0. The third-order valence-corrected chi connectivity index (χ3v) is 2.17. The van der Waals surface area contributed by atoms with Crippen LogP contribution in [0.15, 0.2) is 43.0 Å². The molecule has 16 heavy (non-hydrogen) atoms. The van der Waals surface area contributed by atoms with Crippen molar-refractivity contribution in [3.8, 4) is 5.69 Å². The maximum absolute atomic E-state index is 4.98. The van der Waals surface area contributed by atoms with Crippen molar-refractivity contribution in [2.24, 2.45) is 0 Å². The summed E-state index contributed by atoms with van der Waals surface area (Å²) in [6.45, 7) is 2.92. The van der Waals surface area contributed by atoms with Gasteiger partial charge in [-0.15, -0.1) is 0 Å². The van der Waals surface area contributed by atoms with Crippen molar-refractivity contribution in [2.45, 2.75) is 13.5 Å². The zero-order valence-corrected chi connectivity index (χ0v) is 9.17. The van der Waals surface area contributed by atoms with Gasteiger partial charge in [-0.2, -0.15) is 0 Å². The molecular formula is C12H14N2O2. The molecule has 0 atom stereocenters. The molecule has 0 unspecified atom stereocenters. The minimum atomic E-state index is 0.470. The van der Waals surface area contributed by atoms with E-state index in [2.05, 4.69) is 4.98 Å². The topological polar surface area (TPSA) is 36.3 Å². The van der Waals surface area contributed by atoms with Gasteiger partial charge in [0.05, 0.1) is 12.9 Å². The molecule has 0 bridgehead atoms. The van der Waals surface area contributed by atoms with Crippen LogP contribution in [-0.2, 0) is 16.4 Å². The second-order valence-corrected chi connectivity index (χ2v) is 3.31. The molecule has 0 saturated carbocycles. The predicted octanol–water partition coefficient (Wildman–Crippen LogP) is 2.34. The average molecular weight is 218 g/mol. The van der Waals surface area contributed by atoms with Crippen LogP contribution in [0, 0.1) is 0 Å². The number of benzene rings is 1. The van der Waals surface area contributed by atoms with Crippen molar-refractivity contribution in [3.63, 3.8) is 0 Å². The van der Waals surface area contributed by atoms with Gasteiger partial charge in [0, 0.05) is 18.1 Å². The number of hydrogen-bond donors (Lipinski definition) is 0. The minimum Gasteiger partial charge on any atom is -0.306 e. The summed E-state index contributed by atoms with van der Waals surface area (Å²) in [7, 11) is 0. The van der Waals surface area contributed by atoms with Gasteiger partial charge in [-0.3, -0.25) is 0 Å². The Balaban J connectivity index is 2.00. The van der Waals surface area contributed by atoms with Crippen molar-refractivity contribution < 1.29 is 9.78 Å². The number of hydrogen-bond acceptors (Lipinski definition) is 3. The molecule has 0 saturated heterocycles. The van der Waals surface area contributed by atoms with E-state index >= 15 is 0 Å². The summed E-state index contributed by atoms with van der Waals surface area (Å²) >= 11 is 0. The summed E-state index contributed by atoms with van der Waals surface area (Å²) < 4.78 is 1.95. The standard InChI is InChI=1S/C12H14N2O2/c1-2-15-16-9-11-3-5-12(6-4-11)14-8-7-13-10-14/h3-8,10H,2,9H2,1H3. The van der Waals surface area contributed by atoms with Crippen LogP contribution in [0.2, 0.25) is 0 Å². The lowest BCUT2D eigenvalue weighted by Crippen LogP contribution is -1.95. The Morgan fingerprint density at radius 3 is 2.62 bits per heavy atom. The van der Waals surface area contributed by atoms with E-state index in [1.807, 2.05) is 42.0 Å². The van der Waals surface area contributed by atoms with Gasteiger partial charge in [0.15, 0.2) is 0 Å². The fourth-order valence-corrected chi connectivity index (χ4v) is 1.37. The normalized spacial score (nSPS) is 10.6. The van der Waals surface area contributed by atoms with E-state index < -0.39 is 0 Å². The zero-order valence-electron chi connectivity index (χ0n) is 9.17. The molecule has 0 aliphatic heterocycles. The van der Waals surface area contributed by atoms with Crippen LogP contribution in [0.3, 0.4) is 0 Å². The van der Waals surface area contributed by atoms with Gasteiger partial charge >= 0.3 is 0 Å². The molecule has 0 fully saturated rings. The van der Waals surface area contributed by atoms with Crippen molar-refractivity contribution in [2.75, 3.05) is 6.61 Å². The lowest BCUT2D eigenvalue weighted by Gasteiger charge is -2.04. The third-order valence-electron chi connectivity index (χ3n) is 2.17. The van der Waals surface area contributed by atoms with E-state index in [0.29, 0.717) is 13.2 Å². The molecular weight excluding hydrogens is 204 g/mol. The monoisotopic (exact) mass is 218 g/mol. The Hall–Kier alpha value is -1.65. The van der Waals surface area contributed by atoms with Crippen LogP contribution in [0.4, 0.5) is 0 Å². The SMILES string of the molecule is CCOOCc1ccc(-n2ccnc2)cc1. The van der Waals surface area contributed by atoms with Gasteiger partial charge in [0.25, 0.3) is 0 Å². The number of imidazole rings is 1. The maximum Gasteiger partial charge on any atom is 0.107 e. The fourth-order valence-electron chi connectivity index (χ4n) is 1.37. The van der Waals surface area contributed by atoms with E-state index in [1.54, 1.807) is 12.5 Å². The molecule has 0 radical (unpaired) electrons. The van der Waals surface area contributed by atoms with E-state index in [0.717, 1.165) is 11.3 Å². The fraction of sp³-hybridized carbons (Fsp3) is 0.250. The third kappa shape index (κ3) is 2.68. The second kappa shape index (κ2) is 5.44. The molecule has 0 amide bonds. The molecule has 1 aromatic carbocycles. The van der Waals surface area contributed by atoms with Crippen LogP contribution in [0.1, 0.15) is 12.5 Å². The summed E-state index contributed by atoms with van der Waals surface area (Å²) in [6.07, 6.45) is 5.43. The number of aromatic nitrogens is 2. The van der Waals surface area contributed by atoms with E-state index in [-0.39, 0.29) is 0 Å². The van der Waals surface area contributed by atoms with Gasteiger partial charge in [0.2, 0.25) is 0 Å². The van der Waals surface area contributed by atoms with Crippen molar-refractivity contribution in [3.05, 3.63) is 48.5 Å². The Morgan fingerprint density at radius 1 is 1.19 bits per heavy atom. The first-order valence-corrected chi connectivity index (χ1v) is 5.22. The Morgan fingerprint density at radius 2 is 2.00 bits per heavy atom. The van der Waals surface area contributed by atoms with Crippen molar-refractivity contribution in [1.82, 2.24) is 9.55 Å². The first-order chi connectivity index (χ1) is 7.90. The van der Waals surface area contributed by atoms with Crippen LogP contribution < -0.4 is 0 Å². The van der Waals surface area contributed by atoms with Crippen LogP contribution in [0.5, 0.6) is 0 Å². The van der Waals surface area contributed by atoms with Gasteiger partial charge in [-0.1, -0.05) is 12.1 Å². The van der Waals surface area contributed by atoms with Gasteiger partial charge < -0.3 is 4.57 Å². The molecule has 1 heterocycles. The Labute approximate surface area is 94.4 Å². The first-order valence-electron chi connectivity index (χ1n) is 5.22. The van der Waals surface area contributed by atoms with Crippen molar-refractivity contribution >= 4 is 0 Å². The average Bonchev–Trinajstić information content (AvgIpc) is 2.84. The summed E-state index contributed by atoms with van der Waals surface area (Å²) in [6, 6.07) is 8.06. The molecule has 0 spiro atoms. The van der Waals surface area contributed by atoms with Crippen LogP contribution in [-0.4, -0.2) is 16.2 Å². The highest BCUT2D eigenvalue weighted by Crippen LogP contribution is 2.10. The zero-order chi connectivity index (χ0) is 11.2. The molecule has 1 aromatic heterocycles. The Bertz CT molecular complexity index is 409. The molecule has 4 heteroatoms. The second-order valence-electron chi connectivity index (χ2n) is 3.31. The molecule has 84 valence electrons. The largest absolute Gasteiger partial charge is 0.306 e. The number of nitrogens with zero attached hydrogens (tertiary/aromatic N) is 2. The van der Waals surface area contributed by atoms with E-state index in [1.165, 1.54) is 0 Å². The van der Waals surface area contributed by atoms with Crippen molar-refractivity contribution in [1.29, 1.82) is 0 Å².